The summed E-state index contributed by atoms with van der Waals surface area (Å²) in [7, 11) is 1.97. The summed E-state index contributed by atoms with van der Waals surface area (Å²) >= 11 is 0. The van der Waals surface area contributed by atoms with Gasteiger partial charge in [-0.25, -0.2) is 0 Å². The Labute approximate surface area is 112 Å². The molecule has 0 aromatic heterocycles. The number of nitrogens with zero attached hydrogens (tertiary/aromatic N) is 3. The molecule has 0 spiro atoms. The quantitative estimate of drug-likeness (QED) is 0.816. The van der Waals surface area contributed by atoms with Crippen molar-refractivity contribution in [3.63, 3.8) is 0 Å². The second-order valence-corrected chi connectivity index (χ2v) is 4.33. The van der Waals surface area contributed by atoms with E-state index in [1.165, 1.54) is 0 Å². The van der Waals surface area contributed by atoms with Crippen molar-refractivity contribution in [2.45, 2.75) is 6.92 Å². The summed E-state index contributed by atoms with van der Waals surface area (Å²) in [5.41, 5.74) is 4.41. The van der Waals surface area contributed by atoms with Gasteiger partial charge in [0.05, 0.1) is 23.3 Å². The predicted molar refractivity (Wildman–Crippen MR) is 75.1 cm³/mol. The van der Waals surface area contributed by atoms with Crippen LogP contribution >= 0.6 is 0 Å². The number of nitriles is 2. The minimum absolute atomic E-state index is 0.647. The van der Waals surface area contributed by atoms with E-state index < -0.39 is 0 Å². The van der Waals surface area contributed by atoms with Crippen molar-refractivity contribution in [1.29, 1.82) is 10.5 Å². The highest BCUT2D eigenvalue weighted by Gasteiger charge is 2.07. The maximum Gasteiger partial charge on any atom is 0.0991 e. The molecule has 0 aliphatic carbocycles. The topological polar surface area (TPSA) is 50.8 Å². The summed E-state index contributed by atoms with van der Waals surface area (Å²) in [6, 6.07) is 17.3. The highest BCUT2D eigenvalue weighted by molar-refractivity contribution is 5.67. The van der Waals surface area contributed by atoms with Crippen LogP contribution in [-0.4, -0.2) is 7.05 Å². The molecule has 0 aliphatic rings. The predicted octanol–water partition coefficient (Wildman–Crippen LogP) is 3.51. The van der Waals surface area contributed by atoms with Crippen LogP contribution in [0.5, 0.6) is 0 Å². The third-order valence-corrected chi connectivity index (χ3v) is 3.07. The molecule has 0 aliphatic heterocycles. The van der Waals surface area contributed by atoms with Crippen LogP contribution in [0.15, 0.2) is 42.5 Å². The fourth-order valence-corrected chi connectivity index (χ4v) is 2.00. The van der Waals surface area contributed by atoms with Crippen molar-refractivity contribution in [3.05, 3.63) is 59.2 Å². The smallest absolute Gasteiger partial charge is 0.0991 e. The Kier molecular flexibility index (Phi) is 3.50. The molecule has 92 valence electrons. The molecule has 2 aromatic rings. The third-order valence-electron chi connectivity index (χ3n) is 3.07. The van der Waals surface area contributed by atoms with Gasteiger partial charge in [0.15, 0.2) is 0 Å². The summed E-state index contributed by atoms with van der Waals surface area (Å²) in [5.74, 6) is 0. The Morgan fingerprint density at radius 1 is 0.895 bits per heavy atom. The lowest BCUT2D eigenvalue weighted by atomic mass is 10.1. The number of hydrogen-bond donors (Lipinski definition) is 0. The lowest BCUT2D eigenvalue weighted by molar-refractivity contribution is 1.18. The first-order chi connectivity index (χ1) is 9.15. The highest BCUT2D eigenvalue weighted by atomic mass is 15.1. The van der Waals surface area contributed by atoms with Crippen LogP contribution in [0.3, 0.4) is 0 Å². The van der Waals surface area contributed by atoms with Crippen molar-refractivity contribution in [2.75, 3.05) is 11.9 Å². The summed E-state index contributed by atoms with van der Waals surface area (Å²) in [5, 5.41) is 17.7. The number of anilines is 2. The van der Waals surface area contributed by atoms with Gasteiger partial charge in [-0.15, -0.1) is 0 Å². The van der Waals surface area contributed by atoms with Crippen molar-refractivity contribution >= 4 is 11.4 Å². The molecule has 0 atom stereocenters. The van der Waals surface area contributed by atoms with E-state index in [9.17, 15) is 0 Å². The van der Waals surface area contributed by atoms with Crippen LogP contribution in [0.1, 0.15) is 16.7 Å². The zero-order valence-electron chi connectivity index (χ0n) is 10.9. The first-order valence-corrected chi connectivity index (χ1v) is 5.90. The molecule has 0 N–H and O–H groups in total. The highest BCUT2D eigenvalue weighted by Crippen LogP contribution is 2.27. The van der Waals surface area contributed by atoms with Gasteiger partial charge in [0, 0.05) is 18.4 Å². The molecule has 2 rings (SSSR count). The van der Waals surface area contributed by atoms with E-state index in [2.05, 4.69) is 12.1 Å². The van der Waals surface area contributed by atoms with Crippen LogP contribution in [0.4, 0.5) is 11.4 Å². The van der Waals surface area contributed by atoms with Gasteiger partial charge in [-0.3, -0.25) is 0 Å². The van der Waals surface area contributed by atoms with Crippen LogP contribution in [0.25, 0.3) is 0 Å². The van der Waals surface area contributed by atoms with Crippen LogP contribution in [0.2, 0.25) is 0 Å². The number of rotatable bonds is 2. The Morgan fingerprint density at radius 2 is 1.47 bits per heavy atom. The summed E-state index contributed by atoms with van der Waals surface area (Å²) in [4.78, 5) is 2.04. The van der Waals surface area contributed by atoms with Gasteiger partial charge in [0.2, 0.25) is 0 Å². The average molecular weight is 247 g/mol. The molecule has 0 bridgehead atoms. The Hall–Kier alpha value is -2.78. The molecule has 0 radical (unpaired) electrons. The molecule has 3 nitrogen and oxygen atoms in total. The van der Waals surface area contributed by atoms with Gasteiger partial charge < -0.3 is 4.90 Å². The molecule has 3 heteroatoms. The Morgan fingerprint density at radius 3 is 2.00 bits per heavy atom. The first kappa shape index (κ1) is 12.7. The Balaban J connectivity index is 2.36. The standard InChI is InChI=1S/C16H13N3/c1-12-9-14(11-18)5-8-16(12)19(2)15-6-3-13(10-17)4-7-15/h3-9H,1-2H3. The minimum Gasteiger partial charge on any atom is -0.344 e. The summed E-state index contributed by atoms with van der Waals surface area (Å²) < 4.78 is 0. The van der Waals surface area contributed by atoms with Gasteiger partial charge in [0.25, 0.3) is 0 Å². The van der Waals surface area contributed by atoms with E-state index in [1.807, 2.05) is 49.2 Å². The normalized spacial score (nSPS) is 9.47. The number of aryl methyl sites for hydroxylation is 1. The minimum atomic E-state index is 0.647. The number of benzene rings is 2. The largest absolute Gasteiger partial charge is 0.344 e. The zero-order chi connectivity index (χ0) is 13.8. The molecule has 0 saturated heterocycles. The van der Waals surface area contributed by atoms with E-state index in [0.29, 0.717) is 11.1 Å². The van der Waals surface area contributed by atoms with Gasteiger partial charge in [-0.2, -0.15) is 10.5 Å². The third kappa shape index (κ3) is 2.56. The summed E-state index contributed by atoms with van der Waals surface area (Å²) in [6.07, 6.45) is 0. The van der Waals surface area contributed by atoms with Crippen molar-refractivity contribution < 1.29 is 0 Å². The van der Waals surface area contributed by atoms with E-state index in [0.717, 1.165) is 16.9 Å². The van der Waals surface area contributed by atoms with Gasteiger partial charge in [-0.05, 0) is 55.0 Å². The first-order valence-electron chi connectivity index (χ1n) is 5.90. The number of hydrogen-bond acceptors (Lipinski definition) is 3. The average Bonchev–Trinajstić information content (AvgIpc) is 2.46. The lowest BCUT2D eigenvalue weighted by Crippen LogP contribution is -2.10. The van der Waals surface area contributed by atoms with Gasteiger partial charge in [0.1, 0.15) is 0 Å². The van der Waals surface area contributed by atoms with Crippen molar-refractivity contribution in [3.8, 4) is 12.1 Å². The second-order valence-electron chi connectivity index (χ2n) is 4.33. The zero-order valence-corrected chi connectivity index (χ0v) is 10.9. The molecular weight excluding hydrogens is 234 g/mol. The molecule has 0 heterocycles. The second kappa shape index (κ2) is 5.25. The Bertz CT molecular complexity index is 673. The monoisotopic (exact) mass is 247 g/mol. The summed E-state index contributed by atoms with van der Waals surface area (Å²) in [6.45, 7) is 1.98. The lowest BCUT2D eigenvalue weighted by Gasteiger charge is -2.21. The molecular formula is C16H13N3. The molecule has 19 heavy (non-hydrogen) atoms. The SMILES string of the molecule is Cc1cc(C#N)ccc1N(C)c1ccc(C#N)cc1. The molecule has 0 unspecified atom stereocenters. The molecule has 0 saturated carbocycles. The van der Waals surface area contributed by atoms with Gasteiger partial charge >= 0.3 is 0 Å². The fourth-order valence-electron chi connectivity index (χ4n) is 2.00. The van der Waals surface area contributed by atoms with Crippen LogP contribution in [-0.2, 0) is 0 Å². The van der Waals surface area contributed by atoms with Crippen molar-refractivity contribution in [2.24, 2.45) is 0 Å². The molecule has 0 amide bonds. The fraction of sp³-hybridized carbons (Fsp3) is 0.125. The van der Waals surface area contributed by atoms with E-state index >= 15 is 0 Å². The van der Waals surface area contributed by atoms with Gasteiger partial charge in [-0.1, -0.05) is 0 Å². The molecule has 0 fully saturated rings. The van der Waals surface area contributed by atoms with E-state index in [4.69, 9.17) is 10.5 Å². The maximum atomic E-state index is 8.87. The molecule has 2 aromatic carbocycles. The van der Waals surface area contributed by atoms with Crippen LogP contribution < -0.4 is 4.90 Å². The van der Waals surface area contributed by atoms with E-state index in [1.54, 1.807) is 12.1 Å². The maximum absolute atomic E-state index is 8.87. The van der Waals surface area contributed by atoms with Crippen molar-refractivity contribution in [1.82, 2.24) is 0 Å². The van der Waals surface area contributed by atoms with E-state index in [-0.39, 0.29) is 0 Å². The van der Waals surface area contributed by atoms with Crippen LogP contribution in [0, 0.1) is 29.6 Å².